The van der Waals surface area contributed by atoms with Crippen LogP contribution in [-0.2, 0) is 4.74 Å². The summed E-state index contributed by atoms with van der Waals surface area (Å²) in [5, 5.41) is 27.0. The zero-order valence-corrected chi connectivity index (χ0v) is 16.5. The molecule has 0 rings (SSSR count). The van der Waals surface area contributed by atoms with E-state index in [4.69, 9.17) is 15.3 Å². The molecule has 1 N–H and O–H groups in total. The minimum atomic E-state index is -1.31. The number of rotatable bonds is 16. The van der Waals surface area contributed by atoms with Crippen molar-refractivity contribution in [3.63, 3.8) is 0 Å². The fourth-order valence-corrected chi connectivity index (χ4v) is 2.81. The van der Waals surface area contributed by atoms with Gasteiger partial charge in [0.2, 0.25) is 0 Å². The molecule has 0 radical (unpaired) electrons. The number of likely N-dealkylation sites (N-methyl/N-ethyl adjacent to an activating group) is 1. The fraction of sp³-hybridized carbons (Fsp3) is 0.900. The van der Waals surface area contributed by atoms with Crippen molar-refractivity contribution in [3.05, 3.63) is 0 Å². The van der Waals surface area contributed by atoms with Gasteiger partial charge in [-0.1, -0.05) is 58.3 Å². The maximum atomic E-state index is 9.60. The topological polar surface area (TPSA) is 77.0 Å². The lowest BCUT2D eigenvalue weighted by Gasteiger charge is -2.30. The quantitative estimate of drug-likeness (QED) is 0.259. The molecule has 1 unspecified atom stereocenters. The van der Waals surface area contributed by atoms with Crippen LogP contribution in [0.2, 0.25) is 0 Å². The molecule has 0 saturated heterocycles. The van der Waals surface area contributed by atoms with Gasteiger partial charge < -0.3 is 14.3 Å². The van der Waals surface area contributed by atoms with Crippen LogP contribution in [0.15, 0.2) is 0 Å². The van der Waals surface area contributed by atoms with Crippen LogP contribution in [0.3, 0.4) is 0 Å². The van der Waals surface area contributed by atoms with E-state index in [0.717, 1.165) is 17.6 Å². The minimum Gasteiger partial charge on any atom is -0.366 e. The van der Waals surface area contributed by atoms with Crippen molar-refractivity contribution >= 4 is 0 Å². The van der Waals surface area contributed by atoms with E-state index in [1.54, 1.807) is 12.1 Å². The molecule has 5 nitrogen and oxygen atoms in total. The Morgan fingerprint density at radius 3 is 1.80 bits per heavy atom. The number of quaternary nitrogens is 1. The van der Waals surface area contributed by atoms with Gasteiger partial charge in [0.15, 0.2) is 12.2 Å². The van der Waals surface area contributed by atoms with Crippen LogP contribution >= 0.6 is 0 Å². The summed E-state index contributed by atoms with van der Waals surface area (Å²) in [7, 11) is 4.30. The second-order valence-electron chi connectivity index (χ2n) is 7.56. The van der Waals surface area contributed by atoms with Gasteiger partial charge >= 0.3 is 0 Å². The molecule has 144 valence electrons. The summed E-state index contributed by atoms with van der Waals surface area (Å²) in [4.78, 5) is 0. The van der Waals surface area contributed by atoms with E-state index in [0.29, 0.717) is 6.61 Å². The summed E-state index contributed by atoms with van der Waals surface area (Å²) >= 11 is 0. The highest BCUT2D eigenvalue weighted by Crippen LogP contribution is 2.12. The SMILES string of the molecule is CCCCCCCCCCCC[N+](C)(C)CCOC(O)C(C#N)C#N. The molecule has 0 fully saturated rings. The molecule has 0 aliphatic rings. The second-order valence-corrected chi connectivity index (χ2v) is 7.56. The molecule has 0 aromatic rings. The van der Waals surface area contributed by atoms with Gasteiger partial charge in [-0.2, -0.15) is 10.5 Å². The number of hydrogen-bond donors (Lipinski definition) is 1. The molecule has 0 saturated carbocycles. The number of aliphatic hydroxyl groups is 1. The monoisotopic (exact) mass is 352 g/mol. The standard InChI is InChI=1S/C20H38N3O2/c1-4-5-6-7-8-9-10-11-12-13-14-23(2,3)15-16-25-20(24)19(17-21)18-22/h19-20,24H,4-16H2,1-3H3/q+1. The first-order valence-corrected chi connectivity index (χ1v) is 9.87. The first-order chi connectivity index (χ1) is 12.0. The molecule has 0 spiro atoms. The van der Waals surface area contributed by atoms with Crippen LogP contribution in [0, 0.1) is 28.6 Å². The molecule has 0 amide bonds. The Morgan fingerprint density at radius 2 is 1.32 bits per heavy atom. The first-order valence-electron chi connectivity index (χ1n) is 9.87. The molecule has 0 heterocycles. The maximum absolute atomic E-state index is 9.60. The average molecular weight is 353 g/mol. The molecule has 1 atom stereocenters. The normalized spacial score (nSPS) is 12.8. The maximum Gasteiger partial charge on any atom is 0.184 e. The zero-order valence-electron chi connectivity index (χ0n) is 16.5. The average Bonchev–Trinajstić information content (AvgIpc) is 2.57. The van der Waals surface area contributed by atoms with Crippen LogP contribution < -0.4 is 0 Å². The summed E-state index contributed by atoms with van der Waals surface area (Å²) in [5.74, 6) is -1.11. The Balaban J connectivity index is 3.61. The van der Waals surface area contributed by atoms with E-state index in [2.05, 4.69) is 21.0 Å². The van der Waals surface area contributed by atoms with Crippen molar-refractivity contribution in [1.29, 1.82) is 10.5 Å². The third kappa shape index (κ3) is 13.8. The van der Waals surface area contributed by atoms with Gasteiger partial charge in [-0.25, -0.2) is 0 Å². The van der Waals surface area contributed by atoms with E-state index in [1.165, 1.54) is 64.2 Å². The molecule has 0 aliphatic heterocycles. The third-order valence-corrected chi connectivity index (χ3v) is 4.67. The van der Waals surface area contributed by atoms with E-state index >= 15 is 0 Å². The number of hydrogen-bond acceptors (Lipinski definition) is 4. The highest BCUT2D eigenvalue weighted by atomic mass is 16.6. The Bertz CT molecular complexity index is 385. The second kappa shape index (κ2) is 15.1. The molecule has 0 aromatic heterocycles. The van der Waals surface area contributed by atoms with Gasteiger partial charge in [-0.05, 0) is 12.8 Å². The highest BCUT2D eigenvalue weighted by Gasteiger charge is 2.21. The van der Waals surface area contributed by atoms with Gasteiger partial charge in [-0.15, -0.1) is 0 Å². The third-order valence-electron chi connectivity index (χ3n) is 4.67. The molecular weight excluding hydrogens is 314 g/mol. The van der Waals surface area contributed by atoms with E-state index in [9.17, 15) is 5.11 Å². The molecule has 0 aromatic carbocycles. The van der Waals surface area contributed by atoms with Crippen LogP contribution in [0.1, 0.15) is 71.1 Å². The number of unbranched alkanes of at least 4 members (excludes halogenated alkanes) is 9. The molecule has 5 heteroatoms. The fourth-order valence-electron chi connectivity index (χ4n) is 2.81. The van der Waals surface area contributed by atoms with Gasteiger partial charge in [0.25, 0.3) is 0 Å². The Labute approximate surface area is 154 Å². The Hall–Kier alpha value is -1.14. The van der Waals surface area contributed by atoms with Gasteiger partial charge in [0.05, 0.1) is 39.4 Å². The van der Waals surface area contributed by atoms with Gasteiger partial charge in [0, 0.05) is 0 Å². The zero-order chi connectivity index (χ0) is 19.0. The van der Waals surface area contributed by atoms with Gasteiger partial charge in [0.1, 0.15) is 6.54 Å². The smallest absolute Gasteiger partial charge is 0.184 e. The lowest BCUT2D eigenvalue weighted by molar-refractivity contribution is -0.891. The number of nitrogens with zero attached hydrogens (tertiary/aromatic N) is 3. The van der Waals surface area contributed by atoms with E-state index < -0.39 is 12.2 Å². The van der Waals surface area contributed by atoms with Crippen molar-refractivity contribution in [3.8, 4) is 12.1 Å². The van der Waals surface area contributed by atoms with E-state index in [1.807, 2.05) is 0 Å². The van der Waals surface area contributed by atoms with E-state index in [-0.39, 0.29) is 0 Å². The van der Waals surface area contributed by atoms with Crippen molar-refractivity contribution < 1.29 is 14.3 Å². The number of ether oxygens (including phenoxy) is 1. The van der Waals surface area contributed by atoms with Crippen molar-refractivity contribution in [1.82, 2.24) is 0 Å². The largest absolute Gasteiger partial charge is 0.366 e. The summed E-state index contributed by atoms with van der Waals surface area (Å²) in [6.45, 7) is 4.45. The minimum absolute atomic E-state index is 0.353. The molecule has 0 bridgehead atoms. The predicted molar refractivity (Wildman–Crippen MR) is 100 cm³/mol. The first kappa shape index (κ1) is 23.9. The lowest BCUT2D eigenvalue weighted by atomic mass is 10.1. The summed E-state index contributed by atoms with van der Waals surface area (Å²) in [5.41, 5.74) is 0. The summed E-state index contributed by atoms with van der Waals surface area (Å²) < 4.78 is 6.04. The van der Waals surface area contributed by atoms with Crippen molar-refractivity contribution in [2.45, 2.75) is 77.4 Å². The highest BCUT2D eigenvalue weighted by molar-refractivity contribution is 5.00. The predicted octanol–water partition coefficient (Wildman–Crippen LogP) is 3.98. The number of nitriles is 2. The lowest BCUT2D eigenvalue weighted by Crippen LogP contribution is -2.43. The molecular formula is C20H38N3O2+. The molecule has 25 heavy (non-hydrogen) atoms. The van der Waals surface area contributed by atoms with Crippen LogP contribution in [0.4, 0.5) is 0 Å². The van der Waals surface area contributed by atoms with Crippen molar-refractivity contribution in [2.24, 2.45) is 5.92 Å². The van der Waals surface area contributed by atoms with Crippen molar-refractivity contribution in [2.75, 3.05) is 33.8 Å². The van der Waals surface area contributed by atoms with Crippen LogP contribution in [0.5, 0.6) is 0 Å². The van der Waals surface area contributed by atoms with Crippen LogP contribution in [-0.4, -0.2) is 49.7 Å². The molecule has 0 aliphatic carbocycles. The Kier molecular flexibility index (Phi) is 14.5. The summed E-state index contributed by atoms with van der Waals surface area (Å²) in [6.07, 6.45) is 12.0. The van der Waals surface area contributed by atoms with Crippen LogP contribution in [0.25, 0.3) is 0 Å². The summed E-state index contributed by atoms with van der Waals surface area (Å²) in [6, 6.07) is 3.46. The van der Waals surface area contributed by atoms with Gasteiger partial charge in [-0.3, -0.25) is 0 Å². The Morgan fingerprint density at radius 1 is 0.840 bits per heavy atom. The number of aliphatic hydroxyl groups excluding tert-OH is 1.